The highest BCUT2D eigenvalue weighted by atomic mass is 32.1. The molecule has 0 radical (unpaired) electrons. The van der Waals surface area contributed by atoms with Gasteiger partial charge in [-0.1, -0.05) is 20.8 Å². The van der Waals surface area contributed by atoms with E-state index in [-0.39, 0.29) is 5.41 Å². The summed E-state index contributed by atoms with van der Waals surface area (Å²) in [6.07, 6.45) is 6.60. The Kier molecular flexibility index (Phi) is 3.80. The van der Waals surface area contributed by atoms with E-state index in [2.05, 4.69) is 43.4 Å². The molecule has 2 unspecified atom stereocenters. The van der Waals surface area contributed by atoms with E-state index in [1.54, 1.807) is 0 Å². The number of nitrogens with zero attached hydrogens (tertiary/aromatic N) is 2. The number of rotatable bonds is 2. The first-order valence-corrected chi connectivity index (χ1v) is 8.78. The average Bonchev–Trinajstić information content (AvgIpc) is 2.86. The Hall–Kier alpha value is -0.610. The highest BCUT2D eigenvalue weighted by Gasteiger charge is 2.39. The second-order valence-electron chi connectivity index (χ2n) is 7.37. The Morgan fingerprint density at radius 3 is 2.40 bits per heavy atom. The highest BCUT2D eigenvalue weighted by Crippen LogP contribution is 2.40. The first-order chi connectivity index (χ1) is 9.49. The Bertz CT molecular complexity index is 449. The van der Waals surface area contributed by atoms with Gasteiger partial charge in [-0.15, -0.1) is 11.3 Å². The number of fused-ring (bicyclic) bond motifs is 2. The maximum absolute atomic E-state index is 4.96. The molecule has 0 aromatic carbocycles. The molecule has 2 atom stereocenters. The predicted molar refractivity (Wildman–Crippen MR) is 86.8 cm³/mol. The van der Waals surface area contributed by atoms with E-state index in [9.17, 15) is 0 Å². The summed E-state index contributed by atoms with van der Waals surface area (Å²) in [5, 5.41) is 7.01. The van der Waals surface area contributed by atoms with Crippen molar-refractivity contribution in [1.29, 1.82) is 0 Å². The molecule has 2 saturated heterocycles. The molecule has 2 aliphatic rings. The molecule has 3 nitrogen and oxygen atoms in total. The summed E-state index contributed by atoms with van der Waals surface area (Å²) in [6, 6.07) is 2.08. The Morgan fingerprint density at radius 1 is 1.25 bits per heavy atom. The van der Waals surface area contributed by atoms with Crippen LogP contribution in [0.2, 0.25) is 0 Å². The van der Waals surface area contributed by atoms with Gasteiger partial charge in [-0.05, 0) is 39.2 Å². The van der Waals surface area contributed by atoms with Crippen LogP contribution in [0.5, 0.6) is 0 Å². The second kappa shape index (κ2) is 5.30. The number of nitrogens with one attached hydrogen (secondary N) is 1. The van der Waals surface area contributed by atoms with Crippen molar-refractivity contribution >= 4 is 16.5 Å². The Balaban J connectivity index is 1.84. The van der Waals surface area contributed by atoms with Crippen molar-refractivity contribution in [3.8, 4) is 0 Å². The minimum atomic E-state index is 0.160. The first-order valence-electron chi connectivity index (χ1n) is 7.90. The maximum Gasteiger partial charge on any atom is 0.186 e. The molecule has 3 rings (SSSR count). The lowest BCUT2D eigenvalue weighted by Crippen LogP contribution is -2.56. The normalized spacial score (nSPS) is 30.6. The van der Waals surface area contributed by atoms with Crippen LogP contribution in [0, 0.1) is 0 Å². The number of piperidine rings is 2. The van der Waals surface area contributed by atoms with E-state index < -0.39 is 0 Å². The van der Waals surface area contributed by atoms with Gasteiger partial charge in [0, 0.05) is 28.9 Å². The second-order valence-corrected chi connectivity index (χ2v) is 8.20. The van der Waals surface area contributed by atoms with E-state index in [1.165, 1.54) is 42.9 Å². The van der Waals surface area contributed by atoms with Crippen LogP contribution in [0.4, 0.5) is 5.13 Å². The van der Waals surface area contributed by atoms with Crippen LogP contribution in [-0.2, 0) is 5.41 Å². The van der Waals surface area contributed by atoms with Gasteiger partial charge in [0.1, 0.15) is 0 Å². The number of hydrogen-bond donors (Lipinski definition) is 1. The third-order valence-corrected chi connectivity index (χ3v) is 5.72. The van der Waals surface area contributed by atoms with Gasteiger partial charge < -0.3 is 10.2 Å². The van der Waals surface area contributed by atoms with Crippen LogP contribution in [-0.4, -0.2) is 30.2 Å². The summed E-state index contributed by atoms with van der Waals surface area (Å²) in [5.41, 5.74) is 1.40. The van der Waals surface area contributed by atoms with E-state index in [1.807, 2.05) is 11.3 Å². The SMILES string of the molecule is CNC1CC2CCCC(C1)N2c1nc(C(C)(C)C)cs1. The van der Waals surface area contributed by atoms with Gasteiger partial charge in [0.25, 0.3) is 0 Å². The standard InChI is InChI=1S/C16H27N3S/c1-16(2,3)14-10-20-15(18-14)19-12-6-5-7-13(19)9-11(8-12)17-4/h10-13,17H,5-9H2,1-4H3. The van der Waals surface area contributed by atoms with Gasteiger partial charge in [0.2, 0.25) is 0 Å². The zero-order valence-electron chi connectivity index (χ0n) is 13.1. The van der Waals surface area contributed by atoms with E-state index in [0.717, 1.165) is 0 Å². The highest BCUT2D eigenvalue weighted by molar-refractivity contribution is 7.13. The molecule has 1 N–H and O–H groups in total. The number of thiazole rings is 1. The number of anilines is 1. The summed E-state index contributed by atoms with van der Waals surface area (Å²) in [4.78, 5) is 7.61. The van der Waals surface area contributed by atoms with E-state index in [4.69, 9.17) is 4.98 Å². The molecule has 2 bridgehead atoms. The molecule has 0 aliphatic carbocycles. The van der Waals surface area contributed by atoms with Crippen molar-refractivity contribution in [3.05, 3.63) is 11.1 Å². The molecule has 1 aromatic rings. The first kappa shape index (κ1) is 14.3. The minimum absolute atomic E-state index is 0.160. The molecule has 2 fully saturated rings. The van der Waals surface area contributed by atoms with Crippen LogP contribution in [0.3, 0.4) is 0 Å². The molecule has 0 amide bonds. The van der Waals surface area contributed by atoms with E-state index in [0.29, 0.717) is 18.1 Å². The van der Waals surface area contributed by atoms with Crippen LogP contribution in [0.25, 0.3) is 0 Å². The zero-order valence-corrected chi connectivity index (χ0v) is 14.0. The number of hydrogen-bond acceptors (Lipinski definition) is 4. The monoisotopic (exact) mass is 293 g/mol. The fourth-order valence-electron chi connectivity index (χ4n) is 3.66. The van der Waals surface area contributed by atoms with Crippen molar-refractivity contribution in [1.82, 2.24) is 10.3 Å². The smallest absolute Gasteiger partial charge is 0.186 e. The Labute approximate surface area is 126 Å². The maximum atomic E-state index is 4.96. The van der Waals surface area contributed by atoms with Crippen LogP contribution in [0.15, 0.2) is 5.38 Å². The van der Waals surface area contributed by atoms with Gasteiger partial charge in [0.05, 0.1) is 5.69 Å². The fourth-order valence-corrected chi connectivity index (χ4v) is 4.85. The van der Waals surface area contributed by atoms with Gasteiger partial charge in [-0.2, -0.15) is 0 Å². The molecule has 4 heteroatoms. The summed E-state index contributed by atoms with van der Waals surface area (Å²) >= 11 is 1.84. The summed E-state index contributed by atoms with van der Waals surface area (Å²) in [6.45, 7) is 6.75. The van der Waals surface area contributed by atoms with Crippen molar-refractivity contribution in [2.45, 2.75) is 76.4 Å². The molecule has 1 aromatic heterocycles. The molecular formula is C16H27N3S. The fraction of sp³-hybridized carbons (Fsp3) is 0.812. The lowest BCUT2D eigenvalue weighted by atomic mass is 9.82. The summed E-state index contributed by atoms with van der Waals surface area (Å²) in [7, 11) is 2.11. The predicted octanol–water partition coefficient (Wildman–Crippen LogP) is 3.55. The van der Waals surface area contributed by atoms with Crippen molar-refractivity contribution in [2.75, 3.05) is 11.9 Å². The third kappa shape index (κ3) is 2.60. The zero-order chi connectivity index (χ0) is 14.3. The quantitative estimate of drug-likeness (QED) is 0.904. The lowest BCUT2D eigenvalue weighted by Gasteiger charge is -2.49. The van der Waals surface area contributed by atoms with Gasteiger partial charge in [-0.3, -0.25) is 0 Å². The molecule has 0 saturated carbocycles. The van der Waals surface area contributed by atoms with Gasteiger partial charge in [-0.25, -0.2) is 4.98 Å². The van der Waals surface area contributed by atoms with Crippen LogP contribution in [0.1, 0.15) is 58.6 Å². The summed E-state index contributed by atoms with van der Waals surface area (Å²) in [5.74, 6) is 0. The van der Waals surface area contributed by atoms with Gasteiger partial charge in [0.15, 0.2) is 5.13 Å². The van der Waals surface area contributed by atoms with Crippen LogP contribution < -0.4 is 10.2 Å². The molecule has 3 heterocycles. The molecule has 0 spiro atoms. The molecular weight excluding hydrogens is 266 g/mol. The minimum Gasteiger partial charge on any atom is -0.342 e. The van der Waals surface area contributed by atoms with Crippen LogP contribution >= 0.6 is 11.3 Å². The largest absolute Gasteiger partial charge is 0.342 e. The average molecular weight is 293 g/mol. The van der Waals surface area contributed by atoms with Crippen molar-refractivity contribution in [3.63, 3.8) is 0 Å². The number of aromatic nitrogens is 1. The Morgan fingerprint density at radius 2 is 1.90 bits per heavy atom. The topological polar surface area (TPSA) is 28.2 Å². The van der Waals surface area contributed by atoms with Crippen molar-refractivity contribution < 1.29 is 0 Å². The lowest BCUT2D eigenvalue weighted by molar-refractivity contribution is 0.252. The molecule has 20 heavy (non-hydrogen) atoms. The third-order valence-electron chi connectivity index (χ3n) is 4.86. The van der Waals surface area contributed by atoms with Gasteiger partial charge >= 0.3 is 0 Å². The molecule has 112 valence electrons. The summed E-state index contributed by atoms with van der Waals surface area (Å²) < 4.78 is 0. The molecule has 2 aliphatic heterocycles. The van der Waals surface area contributed by atoms with E-state index >= 15 is 0 Å². The van der Waals surface area contributed by atoms with Crippen molar-refractivity contribution in [2.24, 2.45) is 0 Å².